The lowest BCUT2D eigenvalue weighted by atomic mass is 9.66. The fourth-order valence-electron chi connectivity index (χ4n) is 4.19. The molecular weight excluding hydrogens is 287 g/mol. The highest BCUT2D eigenvalue weighted by Gasteiger charge is 2.60. The third-order valence-electron chi connectivity index (χ3n) is 5.36. The highest BCUT2D eigenvalue weighted by Crippen LogP contribution is 2.46. The summed E-state index contributed by atoms with van der Waals surface area (Å²) in [5.41, 5.74) is -0.568. The molecule has 0 aromatic rings. The number of rotatable bonds is 4. The van der Waals surface area contributed by atoms with Gasteiger partial charge in [-0.15, -0.1) is 0 Å². The van der Waals surface area contributed by atoms with Crippen LogP contribution in [0, 0.1) is 5.92 Å². The van der Waals surface area contributed by atoms with Gasteiger partial charge in [0.2, 0.25) is 12.6 Å². The molecule has 3 fully saturated rings. The smallest absolute Gasteiger partial charge is 0.427 e. The summed E-state index contributed by atoms with van der Waals surface area (Å²) >= 11 is 0. The average molecular weight is 314 g/mol. The van der Waals surface area contributed by atoms with Crippen LogP contribution in [-0.2, 0) is 23.6 Å². The summed E-state index contributed by atoms with van der Waals surface area (Å²) in [7, 11) is 2.33. The Balaban J connectivity index is 1.79. The summed E-state index contributed by atoms with van der Waals surface area (Å²) in [4.78, 5) is 0. The summed E-state index contributed by atoms with van der Waals surface area (Å²) in [6.45, 7) is 2.03. The fourth-order valence-corrected chi connectivity index (χ4v) is 4.19. The zero-order valence-electron chi connectivity index (χ0n) is 13.7. The van der Waals surface area contributed by atoms with Crippen molar-refractivity contribution >= 4 is 7.12 Å². The standard InChI is InChI=1S/C15H27BO6/c1-15-11(20-14(21-15)13(18-2)19-3)9-16(17)22-12(15)10-7-5-4-6-8-10/h10-14,17H,4-9H2,1-3H3/t11-,12-,14?,15-/m0/s1. The molecule has 3 aliphatic rings. The third-order valence-corrected chi connectivity index (χ3v) is 5.36. The number of ether oxygens (including phenoxy) is 4. The van der Waals surface area contributed by atoms with E-state index >= 15 is 0 Å². The maximum atomic E-state index is 10.1. The first-order chi connectivity index (χ1) is 10.6. The number of methoxy groups -OCH3 is 2. The quantitative estimate of drug-likeness (QED) is 0.627. The predicted octanol–water partition coefficient (Wildman–Crippen LogP) is 1.57. The van der Waals surface area contributed by atoms with Crippen molar-refractivity contribution < 1.29 is 28.6 Å². The van der Waals surface area contributed by atoms with Crippen molar-refractivity contribution in [3.05, 3.63) is 0 Å². The first kappa shape index (κ1) is 16.7. The Morgan fingerprint density at radius 2 is 1.86 bits per heavy atom. The van der Waals surface area contributed by atoms with Gasteiger partial charge in [-0.3, -0.25) is 0 Å². The van der Waals surface area contributed by atoms with E-state index in [-0.39, 0.29) is 12.2 Å². The van der Waals surface area contributed by atoms with E-state index in [1.165, 1.54) is 19.3 Å². The first-order valence-corrected chi connectivity index (χ1v) is 8.31. The van der Waals surface area contributed by atoms with Crippen molar-refractivity contribution in [1.82, 2.24) is 0 Å². The van der Waals surface area contributed by atoms with Crippen LogP contribution in [0.25, 0.3) is 0 Å². The van der Waals surface area contributed by atoms with Crippen LogP contribution in [-0.4, -0.2) is 56.8 Å². The zero-order chi connectivity index (χ0) is 15.7. The molecule has 2 saturated heterocycles. The van der Waals surface area contributed by atoms with Gasteiger partial charge in [0.1, 0.15) is 5.60 Å². The lowest BCUT2D eigenvalue weighted by molar-refractivity contribution is -0.250. The van der Waals surface area contributed by atoms with Gasteiger partial charge in [0, 0.05) is 20.5 Å². The number of hydrogen-bond acceptors (Lipinski definition) is 6. The summed E-state index contributed by atoms with van der Waals surface area (Å²) in [6.07, 6.45) is 4.82. The van der Waals surface area contributed by atoms with Crippen LogP contribution in [0.5, 0.6) is 0 Å². The van der Waals surface area contributed by atoms with Gasteiger partial charge < -0.3 is 28.6 Å². The maximum Gasteiger partial charge on any atom is 0.457 e. The Bertz CT molecular complexity index is 373. The van der Waals surface area contributed by atoms with Gasteiger partial charge in [0.05, 0.1) is 12.2 Å². The van der Waals surface area contributed by atoms with Crippen LogP contribution >= 0.6 is 0 Å². The highest BCUT2D eigenvalue weighted by atomic mass is 16.8. The van der Waals surface area contributed by atoms with Crippen molar-refractivity contribution in [2.24, 2.45) is 5.92 Å². The molecule has 0 radical (unpaired) electrons. The molecule has 0 bridgehead atoms. The van der Waals surface area contributed by atoms with E-state index in [1.807, 2.05) is 6.92 Å². The van der Waals surface area contributed by atoms with Crippen LogP contribution in [0.15, 0.2) is 0 Å². The predicted molar refractivity (Wildman–Crippen MR) is 80.2 cm³/mol. The Morgan fingerprint density at radius 1 is 1.18 bits per heavy atom. The van der Waals surface area contributed by atoms with E-state index in [4.69, 9.17) is 23.6 Å². The van der Waals surface area contributed by atoms with Crippen molar-refractivity contribution in [3.63, 3.8) is 0 Å². The second-order valence-electron chi connectivity index (χ2n) is 6.78. The minimum Gasteiger partial charge on any atom is -0.427 e. The minimum absolute atomic E-state index is 0.152. The van der Waals surface area contributed by atoms with Gasteiger partial charge in [-0.25, -0.2) is 0 Å². The van der Waals surface area contributed by atoms with Crippen LogP contribution in [0.1, 0.15) is 39.0 Å². The van der Waals surface area contributed by atoms with Gasteiger partial charge in [0.25, 0.3) is 0 Å². The normalized spacial score (nSPS) is 40.2. The molecular formula is C15H27BO6. The maximum absolute atomic E-state index is 10.1. The second-order valence-corrected chi connectivity index (χ2v) is 6.78. The molecule has 2 heterocycles. The number of fused-ring (bicyclic) bond motifs is 1. The SMILES string of the molecule is COC(OC)C1O[C@H]2CB(O)O[C@@H](C3CCCCC3)[C@@]2(C)O1. The third kappa shape index (κ3) is 2.95. The minimum atomic E-state index is -0.795. The molecule has 4 atom stereocenters. The van der Waals surface area contributed by atoms with E-state index in [9.17, 15) is 5.02 Å². The van der Waals surface area contributed by atoms with E-state index < -0.39 is 25.3 Å². The molecule has 1 aliphatic carbocycles. The molecule has 6 nitrogen and oxygen atoms in total. The molecule has 0 amide bonds. The molecule has 2 aliphatic heterocycles. The summed E-state index contributed by atoms with van der Waals surface area (Å²) in [5.74, 6) is 0.405. The molecule has 3 rings (SSSR count). The van der Waals surface area contributed by atoms with Gasteiger partial charge in [-0.05, 0) is 25.7 Å². The zero-order valence-corrected chi connectivity index (χ0v) is 13.7. The lowest BCUT2D eigenvalue weighted by Crippen LogP contribution is -2.59. The van der Waals surface area contributed by atoms with E-state index in [0.717, 1.165) is 12.8 Å². The van der Waals surface area contributed by atoms with Gasteiger partial charge in [-0.2, -0.15) is 0 Å². The molecule has 0 aromatic carbocycles. The Labute approximate surface area is 132 Å². The van der Waals surface area contributed by atoms with Crippen molar-refractivity contribution in [2.75, 3.05) is 14.2 Å². The van der Waals surface area contributed by atoms with Crippen LogP contribution in [0.4, 0.5) is 0 Å². The van der Waals surface area contributed by atoms with E-state index in [1.54, 1.807) is 14.2 Å². The lowest BCUT2D eigenvalue weighted by Gasteiger charge is -2.46. The summed E-state index contributed by atoms with van der Waals surface area (Å²) in [6, 6.07) is 0. The molecule has 7 heteroatoms. The van der Waals surface area contributed by atoms with E-state index in [2.05, 4.69) is 0 Å². The Hall–Kier alpha value is -0.175. The summed E-state index contributed by atoms with van der Waals surface area (Å²) < 4.78 is 28.6. The van der Waals surface area contributed by atoms with Crippen molar-refractivity contribution in [2.45, 2.75) is 75.7 Å². The van der Waals surface area contributed by atoms with Crippen molar-refractivity contribution in [3.8, 4) is 0 Å². The Morgan fingerprint density at radius 3 is 2.50 bits per heavy atom. The molecule has 0 spiro atoms. The van der Waals surface area contributed by atoms with Gasteiger partial charge in [0.15, 0.2) is 0 Å². The molecule has 22 heavy (non-hydrogen) atoms. The first-order valence-electron chi connectivity index (χ1n) is 8.31. The molecule has 1 saturated carbocycles. The van der Waals surface area contributed by atoms with E-state index in [0.29, 0.717) is 12.2 Å². The topological polar surface area (TPSA) is 66.4 Å². The van der Waals surface area contributed by atoms with Gasteiger partial charge >= 0.3 is 7.12 Å². The van der Waals surface area contributed by atoms with Crippen LogP contribution in [0.2, 0.25) is 6.32 Å². The fraction of sp³-hybridized carbons (Fsp3) is 1.00. The Kier molecular flexibility index (Phi) is 5.12. The summed E-state index contributed by atoms with van der Waals surface area (Å²) in [5, 5.41) is 10.1. The molecule has 0 aromatic heterocycles. The average Bonchev–Trinajstić information content (AvgIpc) is 2.86. The monoisotopic (exact) mass is 314 g/mol. The molecule has 126 valence electrons. The van der Waals surface area contributed by atoms with Gasteiger partial charge in [-0.1, -0.05) is 19.3 Å². The van der Waals surface area contributed by atoms with Crippen LogP contribution in [0.3, 0.4) is 0 Å². The molecule has 1 unspecified atom stereocenters. The highest BCUT2D eigenvalue weighted by molar-refractivity contribution is 6.43. The largest absolute Gasteiger partial charge is 0.457 e. The second kappa shape index (κ2) is 6.75. The molecule has 1 N–H and O–H groups in total. The van der Waals surface area contributed by atoms with Crippen LogP contribution < -0.4 is 0 Å². The number of hydrogen-bond donors (Lipinski definition) is 1. The van der Waals surface area contributed by atoms with Crippen molar-refractivity contribution in [1.29, 1.82) is 0 Å².